The zero-order valence-electron chi connectivity index (χ0n) is 6.14. The molecule has 0 aromatic rings. The zero-order valence-corrected chi connectivity index (χ0v) is 6.14. The van der Waals surface area contributed by atoms with Gasteiger partial charge in [0, 0.05) is 12.5 Å². The number of ether oxygens (including phenoxy) is 1. The third-order valence-electron chi connectivity index (χ3n) is 0.948. The molecule has 0 amide bonds. The van der Waals surface area contributed by atoms with Crippen LogP contribution in [-0.2, 0) is 14.3 Å². The van der Waals surface area contributed by atoms with Crippen LogP contribution in [0.25, 0.3) is 0 Å². The summed E-state index contributed by atoms with van der Waals surface area (Å²) in [5.74, 6) is -0.552. The summed E-state index contributed by atoms with van der Waals surface area (Å²) in [5, 5.41) is 0. The van der Waals surface area contributed by atoms with E-state index in [0.29, 0.717) is 5.57 Å². The van der Waals surface area contributed by atoms with Crippen LogP contribution in [-0.4, -0.2) is 18.4 Å². The summed E-state index contributed by atoms with van der Waals surface area (Å²) < 4.78 is 4.51. The van der Waals surface area contributed by atoms with E-state index in [-0.39, 0.29) is 12.4 Å². The molecule has 0 aliphatic carbocycles. The van der Waals surface area contributed by atoms with Gasteiger partial charge in [0.1, 0.15) is 6.61 Å². The summed E-state index contributed by atoms with van der Waals surface area (Å²) in [6.07, 6.45) is 0. The van der Waals surface area contributed by atoms with Crippen LogP contribution >= 0.6 is 0 Å². The number of hydrogen-bond donors (Lipinski definition) is 0. The molecule has 0 saturated heterocycles. The topological polar surface area (TPSA) is 43.4 Å². The second kappa shape index (κ2) is 3.82. The normalized spacial score (nSPS) is 8.60. The number of ketones is 1. The van der Waals surface area contributed by atoms with Crippen LogP contribution in [0.5, 0.6) is 0 Å². The highest BCUT2D eigenvalue weighted by Gasteiger charge is 2.01. The Hall–Kier alpha value is -1.12. The molecular formula is C7H10O3. The van der Waals surface area contributed by atoms with Crippen molar-refractivity contribution in [2.24, 2.45) is 0 Å². The van der Waals surface area contributed by atoms with E-state index < -0.39 is 5.97 Å². The molecule has 0 radical (unpaired) electrons. The fourth-order valence-electron chi connectivity index (χ4n) is 0.290. The molecule has 0 unspecified atom stereocenters. The zero-order chi connectivity index (χ0) is 8.15. The van der Waals surface area contributed by atoms with Gasteiger partial charge in [0.25, 0.3) is 0 Å². The van der Waals surface area contributed by atoms with E-state index in [0.717, 1.165) is 0 Å². The van der Waals surface area contributed by atoms with Gasteiger partial charge in [-0.25, -0.2) is 0 Å². The lowest BCUT2D eigenvalue weighted by molar-refractivity contribution is -0.140. The lowest BCUT2D eigenvalue weighted by Gasteiger charge is -2.00. The number of esters is 1. The monoisotopic (exact) mass is 142 g/mol. The van der Waals surface area contributed by atoms with E-state index >= 15 is 0 Å². The van der Waals surface area contributed by atoms with Gasteiger partial charge in [0.05, 0.1) is 0 Å². The van der Waals surface area contributed by atoms with E-state index in [9.17, 15) is 9.59 Å². The van der Waals surface area contributed by atoms with Crippen molar-refractivity contribution in [2.45, 2.75) is 13.8 Å². The van der Waals surface area contributed by atoms with Gasteiger partial charge < -0.3 is 4.74 Å². The lowest BCUT2D eigenvalue weighted by Crippen LogP contribution is -2.07. The van der Waals surface area contributed by atoms with Gasteiger partial charge in [-0.05, 0) is 6.92 Å². The Bertz CT molecular complexity index is 170. The summed E-state index contributed by atoms with van der Waals surface area (Å²) in [7, 11) is 0. The predicted octanol–water partition coefficient (Wildman–Crippen LogP) is 0.695. The summed E-state index contributed by atoms with van der Waals surface area (Å²) in [6, 6.07) is 0. The van der Waals surface area contributed by atoms with Crippen LogP contribution in [0.4, 0.5) is 0 Å². The SMILES string of the molecule is C=C(COC(C)=O)C(C)=O. The molecule has 0 aliphatic rings. The molecular weight excluding hydrogens is 132 g/mol. The second-order valence-electron chi connectivity index (χ2n) is 1.94. The van der Waals surface area contributed by atoms with Crippen molar-refractivity contribution in [3.8, 4) is 0 Å². The predicted molar refractivity (Wildman–Crippen MR) is 36.5 cm³/mol. The standard InChI is InChI=1S/C7H10O3/c1-5(6(2)8)4-10-7(3)9/h1,4H2,2-3H3. The van der Waals surface area contributed by atoms with Crippen molar-refractivity contribution in [2.75, 3.05) is 6.61 Å². The number of carbonyl (C=O) groups excluding carboxylic acids is 2. The van der Waals surface area contributed by atoms with E-state index in [2.05, 4.69) is 11.3 Å². The highest BCUT2D eigenvalue weighted by atomic mass is 16.5. The van der Waals surface area contributed by atoms with Crippen LogP contribution < -0.4 is 0 Å². The molecule has 0 N–H and O–H groups in total. The quantitative estimate of drug-likeness (QED) is 0.430. The maximum Gasteiger partial charge on any atom is 0.302 e. The summed E-state index contributed by atoms with van der Waals surface area (Å²) in [4.78, 5) is 20.7. The first-order chi connectivity index (χ1) is 4.54. The molecule has 0 aromatic heterocycles. The first-order valence-corrected chi connectivity index (χ1v) is 2.86. The number of hydrogen-bond acceptors (Lipinski definition) is 3. The molecule has 0 rings (SSSR count). The maximum absolute atomic E-state index is 10.5. The average Bonchev–Trinajstić information content (AvgIpc) is 1.82. The summed E-state index contributed by atoms with van der Waals surface area (Å²) in [5.41, 5.74) is 0.315. The van der Waals surface area contributed by atoms with Gasteiger partial charge in [-0.3, -0.25) is 9.59 Å². The molecule has 3 heteroatoms. The smallest absolute Gasteiger partial charge is 0.302 e. The Morgan fingerprint density at radius 3 is 2.20 bits per heavy atom. The van der Waals surface area contributed by atoms with Crippen molar-refractivity contribution in [1.29, 1.82) is 0 Å². The van der Waals surface area contributed by atoms with Gasteiger partial charge in [-0.1, -0.05) is 6.58 Å². The molecule has 0 fully saturated rings. The Balaban J connectivity index is 3.60. The Kier molecular flexibility index (Phi) is 3.39. The van der Waals surface area contributed by atoms with Gasteiger partial charge in [-0.15, -0.1) is 0 Å². The average molecular weight is 142 g/mol. The second-order valence-corrected chi connectivity index (χ2v) is 1.94. The van der Waals surface area contributed by atoms with Gasteiger partial charge in [0.15, 0.2) is 5.78 Å². The molecule has 10 heavy (non-hydrogen) atoms. The summed E-state index contributed by atoms with van der Waals surface area (Å²) in [6.45, 7) is 6.07. The molecule has 56 valence electrons. The fourth-order valence-corrected chi connectivity index (χ4v) is 0.290. The maximum atomic E-state index is 10.5. The molecule has 0 atom stereocenters. The van der Waals surface area contributed by atoms with E-state index in [4.69, 9.17) is 0 Å². The highest BCUT2D eigenvalue weighted by molar-refractivity contribution is 5.93. The molecule has 0 spiro atoms. The Morgan fingerprint density at radius 1 is 1.40 bits per heavy atom. The molecule has 0 saturated carbocycles. The van der Waals surface area contributed by atoms with Crippen molar-refractivity contribution in [1.82, 2.24) is 0 Å². The van der Waals surface area contributed by atoms with Gasteiger partial charge >= 0.3 is 5.97 Å². The molecule has 0 bridgehead atoms. The fraction of sp³-hybridized carbons (Fsp3) is 0.429. The minimum Gasteiger partial charge on any atom is -0.461 e. The Morgan fingerprint density at radius 2 is 1.90 bits per heavy atom. The third kappa shape index (κ3) is 3.83. The van der Waals surface area contributed by atoms with Crippen LogP contribution in [0.3, 0.4) is 0 Å². The molecule has 0 heterocycles. The summed E-state index contributed by atoms with van der Waals surface area (Å²) >= 11 is 0. The minimum atomic E-state index is -0.401. The van der Waals surface area contributed by atoms with Crippen molar-refractivity contribution >= 4 is 11.8 Å². The molecule has 3 nitrogen and oxygen atoms in total. The van der Waals surface area contributed by atoms with Gasteiger partial charge in [-0.2, -0.15) is 0 Å². The third-order valence-corrected chi connectivity index (χ3v) is 0.948. The highest BCUT2D eigenvalue weighted by Crippen LogP contribution is 1.92. The van der Waals surface area contributed by atoms with E-state index in [1.807, 2.05) is 0 Å². The number of rotatable bonds is 3. The van der Waals surface area contributed by atoms with Crippen LogP contribution in [0.15, 0.2) is 12.2 Å². The van der Waals surface area contributed by atoms with E-state index in [1.54, 1.807) is 0 Å². The molecule has 0 aliphatic heterocycles. The first-order valence-electron chi connectivity index (χ1n) is 2.86. The van der Waals surface area contributed by atoms with Crippen LogP contribution in [0, 0.1) is 0 Å². The van der Waals surface area contributed by atoms with Gasteiger partial charge in [0.2, 0.25) is 0 Å². The van der Waals surface area contributed by atoms with Crippen LogP contribution in [0.2, 0.25) is 0 Å². The van der Waals surface area contributed by atoms with Crippen LogP contribution in [0.1, 0.15) is 13.8 Å². The first kappa shape index (κ1) is 8.88. The minimum absolute atomic E-state index is 0.00463. The molecule has 0 aromatic carbocycles. The van der Waals surface area contributed by atoms with Crippen molar-refractivity contribution < 1.29 is 14.3 Å². The number of carbonyl (C=O) groups is 2. The van der Waals surface area contributed by atoms with Crippen molar-refractivity contribution in [3.63, 3.8) is 0 Å². The number of Topliss-reactive ketones (excluding diaryl/α,β-unsaturated/α-hetero) is 1. The largest absolute Gasteiger partial charge is 0.461 e. The Labute approximate surface area is 59.7 Å². The lowest BCUT2D eigenvalue weighted by atomic mass is 10.2. The van der Waals surface area contributed by atoms with Crippen molar-refractivity contribution in [3.05, 3.63) is 12.2 Å². The van der Waals surface area contributed by atoms with E-state index in [1.165, 1.54) is 13.8 Å².